The summed E-state index contributed by atoms with van der Waals surface area (Å²) in [6, 6.07) is 3.71. The lowest BCUT2D eigenvalue weighted by Gasteiger charge is -2.01. The Bertz CT molecular complexity index is 438. The lowest BCUT2D eigenvalue weighted by molar-refractivity contribution is 0.425. The number of aryl methyl sites for hydroxylation is 1. The van der Waals surface area contributed by atoms with Gasteiger partial charge in [0.1, 0.15) is 5.82 Å². The van der Waals surface area contributed by atoms with Crippen LogP contribution in [0.15, 0.2) is 22.9 Å². The van der Waals surface area contributed by atoms with E-state index < -0.39 is 0 Å². The zero-order valence-electron chi connectivity index (χ0n) is 7.98. The van der Waals surface area contributed by atoms with Gasteiger partial charge in [-0.15, -0.1) is 0 Å². The van der Waals surface area contributed by atoms with E-state index in [9.17, 15) is 0 Å². The first-order valence-electron chi connectivity index (χ1n) is 4.24. The molecule has 0 bridgehead atoms. The van der Waals surface area contributed by atoms with E-state index >= 15 is 0 Å². The van der Waals surface area contributed by atoms with Crippen molar-refractivity contribution < 1.29 is 4.52 Å². The highest BCUT2D eigenvalue weighted by molar-refractivity contribution is 5.68. The first-order chi connectivity index (χ1) is 6.81. The van der Waals surface area contributed by atoms with Crippen LogP contribution < -0.4 is 5.32 Å². The predicted molar refractivity (Wildman–Crippen MR) is 51.8 cm³/mol. The van der Waals surface area contributed by atoms with Gasteiger partial charge in [-0.05, 0) is 19.1 Å². The van der Waals surface area contributed by atoms with Crippen LogP contribution >= 0.6 is 0 Å². The molecule has 0 aliphatic rings. The summed E-state index contributed by atoms with van der Waals surface area (Å²) in [4.78, 5) is 8.28. The summed E-state index contributed by atoms with van der Waals surface area (Å²) < 4.78 is 5.05. The van der Waals surface area contributed by atoms with Crippen molar-refractivity contribution in [3.8, 4) is 11.5 Å². The fourth-order valence-corrected chi connectivity index (χ4v) is 1.18. The van der Waals surface area contributed by atoms with Gasteiger partial charge in [-0.2, -0.15) is 4.98 Å². The van der Waals surface area contributed by atoms with Crippen molar-refractivity contribution >= 4 is 5.82 Å². The maximum absolute atomic E-state index is 5.05. The van der Waals surface area contributed by atoms with Crippen molar-refractivity contribution in [3.63, 3.8) is 0 Å². The molecule has 2 aromatic heterocycles. The normalized spacial score (nSPS) is 10.1. The minimum atomic E-state index is 0.486. The number of hydrogen-bond donors (Lipinski definition) is 1. The summed E-state index contributed by atoms with van der Waals surface area (Å²) in [5.41, 5.74) is 0.815. The number of rotatable bonds is 2. The van der Waals surface area contributed by atoms with Crippen LogP contribution in [0.2, 0.25) is 0 Å². The molecule has 0 aliphatic heterocycles. The molecule has 2 heterocycles. The van der Waals surface area contributed by atoms with Crippen LogP contribution in [0.4, 0.5) is 5.82 Å². The standard InChI is InChI=1S/C9H10N4O/c1-6-12-9(14-13-6)7-4-3-5-11-8(7)10-2/h3-5H,1-2H3,(H,10,11). The first kappa shape index (κ1) is 8.68. The fourth-order valence-electron chi connectivity index (χ4n) is 1.18. The van der Waals surface area contributed by atoms with Gasteiger partial charge in [-0.25, -0.2) is 4.98 Å². The molecule has 14 heavy (non-hydrogen) atoms. The van der Waals surface area contributed by atoms with Crippen LogP contribution in [0.25, 0.3) is 11.5 Å². The Morgan fingerprint density at radius 2 is 2.29 bits per heavy atom. The molecule has 0 atom stereocenters. The molecule has 1 N–H and O–H groups in total. The van der Waals surface area contributed by atoms with Crippen LogP contribution in [-0.2, 0) is 0 Å². The number of nitrogens with zero attached hydrogens (tertiary/aromatic N) is 3. The van der Waals surface area contributed by atoms with E-state index in [0.29, 0.717) is 11.7 Å². The third-order valence-corrected chi connectivity index (χ3v) is 1.80. The van der Waals surface area contributed by atoms with Crippen LogP contribution in [0, 0.1) is 6.92 Å². The van der Waals surface area contributed by atoms with Gasteiger partial charge in [-0.1, -0.05) is 5.16 Å². The highest BCUT2D eigenvalue weighted by atomic mass is 16.5. The van der Waals surface area contributed by atoms with Gasteiger partial charge in [0, 0.05) is 13.2 Å². The van der Waals surface area contributed by atoms with Crippen molar-refractivity contribution in [2.45, 2.75) is 6.92 Å². The van der Waals surface area contributed by atoms with Crippen LogP contribution in [-0.4, -0.2) is 22.2 Å². The Balaban J connectivity index is 2.50. The van der Waals surface area contributed by atoms with E-state index in [4.69, 9.17) is 4.52 Å². The summed E-state index contributed by atoms with van der Waals surface area (Å²) in [6.07, 6.45) is 1.71. The van der Waals surface area contributed by atoms with Gasteiger partial charge >= 0.3 is 0 Å². The van der Waals surface area contributed by atoms with E-state index in [1.54, 1.807) is 20.2 Å². The quantitative estimate of drug-likeness (QED) is 0.777. The van der Waals surface area contributed by atoms with Gasteiger partial charge in [0.05, 0.1) is 5.56 Å². The first-order valence-corrected chi connectivity index (χ1v) is 4.24. The van der Waals surface area contributed by atoms with Crippen LogP contribution in [0.3, 0.4) is 0 Å². The van der Waals surface area contributed by atoms with Crippen LogP contribution in [0.5, 0.6) is 0 Å². The second-order valence-corrected chi connectivity index (χ2v) is 2.80. The molecule has 0 amide bonds. The van der Waals surface area contributed by atoms with E-state index in [2.05, 4.69) is 20.4 Å². The fraction of sp³-hybridized carbons (Fsp3) is 0.222. The molecule has 2 rings (SSSR count). The predicted octanol–water partition coefficient (Wildman–Crippen LogP) is 1.48. The van der Waals surface area contributed by atoms with Crippen molar-refractivity contribution in [1.82, 2.24) is 15.1 Å². The molecule has 0 radical (unpaired) electrons. The summed E-state index contributed by atoms with van der Waals surface area (Å²) in [6.45, 7) is 1.78. The van der Waals surface area contributed by atoms with Crippen molar-refractivity contribution in [1.29, 1.82) is 0 Å². The highest BCUT2D eigenvalue weighted by Gasteiger charge is 2.10. The molecule has 0 unspecified atom stereocenters. The van der Waals surface area contributed by atoms with Crippen LogP contribution in [0.1, 0.15) is 5.82 Å². The summed E-state index contributed by atoms with van der Waals surface area (Å²) in [7, 11) is 1.80. The van der Waals surface area contributed by atoms with Gasteiger partial charge in [0.2, 0.25) is 0 Å². The van der Waals surface area contributed by atoms with Crippen molar-refractivity contribution in [3.05, 3.63) is 24.2 Å². The maximum atomic E-state index is 5.05. The SMILES string of the molecule is CNc1ncccc1-c1nc(C)no1. The molecule has 5 nitrogen and oxygen atoms in total. The molecule has 0 spiro atoms. The molecule has 2 aromatic rings. The molecule has 0 saturated carbocycles. The molecule has 0 aromatic carbocycles. The Morgan fingerprint density at radius 3 is 2.93 bits per heavy atom. The Labute approximate surface area is 81.2 Å². The minimum absolute atomic E-state index is 0.486. The topological polar surface area (TPSA) is 63.8 Å². The Kier molecular flexibility index (Phi) is 2.14. The third-order valence-electron chi connectivity index (χ3n) is 1.80. The lowest BCUT2D eigenvalue weighted by Crippen LogP contribution is -1.94. The molecule has 0 saturated heterocycles. The third kappa shape index (κ3) is 1.44. The molecule has 5 heteroatoms. The van der Waals surface area contributed by atoms with Gasteiger partial charge in [0.15, 0.2) is 5.82 Å². The average molecular weight is 190 g/mol. The Hall–Kier alpha value is -1.91. The molecule has 72 valence electrons. The van der Waals surface area contributed by atoms with Crippen molar-refractivity contribution in [2.75, 3.05) is 12.4 Å². The Morgan fingerprint density at radius 1 is 1.43 bits per heavy atom. The van der Waals surface area contributed by atoms with E-state index in [1.807, 2.05) is 12.1 Å². The lowest BCUT2D eigenvalue weighted by atomic mass is 10.2. The maximum Gasteiger partial charge on any atom is 0.261 e. The minimum Gasteiger partial charge on any atom is -0.372 e. The number of hydrogen-bond acceptors (Lipinski definition) is 5. The van der Waals surface area contributed by atoms with E-state index in [0.717, 1.165) is 11.4 Å². The van der Waals surface area contributed by atoms with E-state index in [-0.39, 0.29) is 0 Å². The van der Waals surface area contributed by atoms with E-state index in [1.165, 1.54) is 0 Å². The van der Waals surface area contributed by atoms with Crippen molar-refractivity contribution in [2.24, 2.45) is 0 Å². The smallest absolute Gasteiger partial charge is 0.261 e. The zero-order valence-corrected chi connectivity index (χ0v) is 7.98. The number of pyridine rings is 1. The van der Waals surface area contributed by atoms with Gasteiger partial charge < -0.3 is 9.84 Å². The molecule has 0 aliphatic carbocycles. The monoisotopic (exact) mass is 190 g/mol. The molecular formula is C9H10N4O. The summed E-state index contributed by atoms with van der Waals surface area (Å²) in [5, 5.41) is 6.69. The second kappa shape index (κ2) is 3.45. The number of nitrogens with one attached hydrogen (secondary N) is 1. The van der Waals surface area contributed by atoms with Gasteiger partial charge in [-0.3, -0.25) is 0 Å². The van der Waals surface area contributed by atoms with Gasteiger partial charge in [0.25, 0.3) is 5.89 Å². The number of aromatic nitrogens is 3. The largest absolute Gasteiger partial charge is 0.372 e. The molecular weight excluding hydrogens is 180 g/mol. The highest BCUT2D eigenvalue weighted by Crippen LogP contribution is 2.23. The zero-order chi connectivity index (χ0) is 9.97. The second-order valence-electron chi connectivity index (χ2n) is 2.80. The summed E-state index contributed by atoms with van der Waals surface area (Å²) in [5.74, 6) is 1.84. The average Bonchev–Trinajstić information content (AvgIpc) is 2.65. The summed E-state index contributed by atoms with van der Waals surface area (Å²) >= 11 is 0. The number of anilines is 1. The molecule has 0 fully saturated rings.